The topological polar surface area (TPSA) is 0 Å². The van der Waals surface area contributed by atoms with E-state index in [9.17, 15) is 0 Å². The van der Waals surface area contributed by atoms with E-state index in [1.54, 1.807) is 45.4 Å². The molecule has 0 amide bonds. The van der Waals surface area contributed by atoms with Gasteiger partial charge in [0.1, 0.15) is 0 Å². The average molecular weight is 1070 g/mol. The van der Waals surface area contributed by atoms with Gasteiger partial charge in [-0.3, -0.25) is 0 Å². The number of rotatable bonds is 10. The first-order valence-corrected chi connectivity index (χ1v) is 21.8. The first-order valence-electron chi connectivity index (χ1n) is 15.6. The maximum atomic E-state index is 2.49. The van der Waals surface area contributed by atoms with Gasteiger partial charge in [0, 0.05) is 32.0 Å². The average Bonchev–Trinajstić information content (AvgIpc) is 3.00. The van der Waals surface area contributed by atoms with Crippen LogP contribution in [-0.2, 0) is 64.8 Å². The van der Waals surface area contributed by atoms with Crippen LogP contribution in [0.4, 0.5) is 0 Å². The summed E-state index contributed by atoms with van der Waals surface area (Å²) in [6, 6.07) is 22.4. The molecule has 0 N–H and O–H groups in total. The third kappa shape index (κ3) is 12.5. The number of unbranched alkanes of at least 4 members (excludes halogenated alkanes) is 2. The summed E-state index contributed by atoms with van der Waals surface area (Å²) in [7, 11) is 0. The van der Waals surface area contributed by atoms with Crippen molar-refractivity contribution >= 4 is 50.8 Å². The van der Waals surface area contributed by atoms with Crippen LogP contribution in [0.3, 0.4) is 0 Å². The number of benzene rings is 4. The molecule has 0 saturated heterocycles. The third-order valence-electron chi connectivity index (χ3n) is 8.68. The summed E-state index contributed by atoms with van der Waals surface area (Å²) in [5, 5.41) is 0. The van der Waals surface area contributed by atoms with Gasteiger partial charge in [0.15, 0.2) is 0 Å². The van der Waals surface area contributed by atoms with Gasteiger partial charge >= 0.3 is 289 Å². The Kier molecular flexibility index (Phi) is 22.1. The van der Waals surface area contributed by atoms with Crippen LogP contribution in [0.25, 0.3) is 0 Å². The van der Waals surface area contributed by atoms with Gasteiger partial charge in [0.05, 0.1) is 0 Å². The Morgan fingerprint density at radius 3 is 1.64 bits per heavy atom. The number of hydrogen-bond acceptors (Lipinski definition) is 0. The van der Waals surface area contributed by atoms with Crippen LogP contribution in [-0.4, -0.2) is 29.9 Å². The van der Waals surface area contributed by atoms with Gasteiger partial charge in [0.2, 0.25) is 0 Å². The molecule has 4 rings (SSSR count). The zero-order valence-corrected chi connectivity index (χ0v) is 41.3. The molecule has 0 aliphatic heterocycles. The van der Waals surface area contributed by atoms with Gasteiger partial charge in [-0.25, -0.2) is 0 Å². The molecule has 0 saturated carbocycles. The summed E-state index contributed by atoms with van der Waals surface area (Å²) < 4.78 is 7.87. The molecule has 0 bridgehead atoms. The fourth-order valence-electron chi connectivity index (χ4n) is 5.27. The van der Waals surface area contributed by atoms with Crippen LogP contribution in [0.5, 0.6) is 0 Å². The molecule has 0 spiro atoms. The minimum atomic E-state index is 0. The van der Waals surface area contributed by atoms with Crippen molar-refractivity contribution in [3.05, 3.63) is 111 Å². The van der Waals surface area contributed by atoms with Gasteiger partial charge in [-0.1, -0.05) is 7.43 Å². The summed E-state index contributed by atoms with van der Waals surface area (Å²) in [4.78, 5) is 0. The second kappa shape index (κ2) is 22.3. The minimum Gasteiger partial charge on any atom is 0 e. The normalized spacial score (nSPS) is 10.2. The van der Waals surface area contributed by atoms with E-state index in [2.05, 4.69) is 123 Å². The molecule has 0 nitrogen and oxygen atoms in total. The largest absolute Gasteiger partial charge is 0 e. The van der Waals surface area contributed by atoms with Crippen molar-refractivity contribution in [2.75, 3.05) is 0 Å². The summed E-state index contributed by atoms with van der Waals surface area (Å²) >= 11 is 1.55. The predicted molar refractivity (Wildman–Crippen MR) is 193 cm³/mol. The Morgan fingerprint density at radius 1 is 0.600 bits per heavy atom. The van der Waals surface area contributed by atoms with E-state index >= 15 is 0 Å². The fourth-order valence-corrected chi connectivity index (χ4v) is 12.7. The van der Waals surface area contributed by atoms with Crippen LogP contribution < -0.4 is 20.9 Å². The number of hydrogen-bond donors (Lipinski definition) is 0. The van der Waals surface area contributed by atoms with Crippen molar-refractivity contribution in [2.24, 2.45) is 0 Å². The molecule has 0 atom stereocenters. The van der Waals surface area contributed by atoms with Crippen LogP contribution in [0.2, 0.25) is 0 Å². The van der Waals surface area contributed by atoms with Gasteiger partial charge in [-0.05, 0) is 0 Å². The van der Waals surface area contributed by atoms with Crippen molar-refractivity contribution in [3.63, 3.8) is 0 Å². The Bertz CT molecular complexity index is 1440. The van der Waals surface area contributed by atoms with Crippen LogP contribution >= 0.6 is 0 Å². The molecule has 4 aromatic carbocycles. The zero-order chi connectivity index (χ0) is 30.8. The third-order valence-corrected chi connectivity index (χ3v) is 19.5. The van der Waals surface area contributed by atoms with Gasteiger partial charge < -0.3 is 0 Å². The number of aryl methyl sites for hydroxylation is 2. The first kappa shape index (κ1) is 44.6. The molecule has 0 unspecified atom stereocenters. The van der Waals surface area contributed by atoms with Crippen molar-refractivity contribution in [2.45, 2.75) is 108 Å². The fraction of sp³-hybridized carbons (Fsp3) is 0.400. The summed E-state index contributed by atoms with van der Waals surface area (Å²) in [5.74, 6) is 0. The van der Waals surface area contributed by atoms with Crippen LogP contribution in [0, 0.1) is 54.6 Å². The van der Waals surface area contributed by atoms with E-state index in [4.69, 9.17) is 0 Å². The summed E-state index contributed by atoms with van der Waals surface area (Å²) in [6.45, 7) is 20.8. The maximum Gasteiger partial charge on any atom is 0 e. The molecule has 0 aliphatic rings. The molecule has 4 aromatic rings. The Balaban J connectivity index is 0.000000855. The molecule has 0 heterocycles. The monoisotopic (exact) mass is 1080 g/mol. The van der Waals surface area contributed by atoms with Crippen molar-refractivity contribution in [1.82, 2.24) is 0 Å². The Morgan fingerprint density at radius 2 is 1.11 bits per heavy atom. The summed E-state index contributed by atoms with van der Waals surface area (Å²) in [5.41, 5.74) is 13.8. The van der Waals surface area contributed by atoms with Gasteiger partial charge in [-0.15, -0.1) is 0 Å². The quantitative estimate of drug-likeness (QED) is 0.146. The second-order valence-electron chi connectivity index (χ2n) is 11.6. The van der Waals surface area contributed by atoms with E-state index in [-0.39, 0.29) is 39.4 Å². The maximum absolute atomic E-state index is 2.49. The first-order chi connectivity index (χ1) is 20.1. The molecule has 233 valence electrons. The predicted octanol–water partition coefficient (Wildman–Crippen LogP) is 7.33. The van der Waals surface area contributed by atoms with Crippen molar-refractivity contribution < 1.29 is 58.1 Å². The van der Waals surface area contributed by atoms with E-state index in [0.717, 1.165) is 0 Å². The molecule has 45 heavy (non-hydrogen) atoms. The molecule has 0 aliphatic carbocycles. The molecule has 0 aromatic heterocycles. The minimum absolute atomic E-state index is 0. The molecular weight excluding hydrogens is 1020 g/mol. The molecule has 0 fully saturated rings. The molecule has 0 radical (unpaired) electrons. The molecule has 5 heteroatoms. The SMILES string of the molecule is C.CCCCc1c(C)c(C)c([Se]c2cc(C)c(C)c(C)[c]2[Hg])c(C)c1C.CCCCc1ccc([Se]c2ccccc2)cc1.[He].[Hf]. The Hall–Kier alpha value is -0.367. The van der Waals surface area contributed by atoms with Gasteiger partial charge in [0.25, 0.3) is 0 Å². The molecular formula is C40H53HeHfHgSe2. The van der Waals surface area contributed by atoms with Crippen LogP contribution in [0.15, 0.2) is 60.7 Å². The smallest absolute Gasteiger partial charge is 0 e. The van der Waals surface area contributed by atoms with E-state index < -0.39 is 0 Å². The van der Waals surface area contributed by atoms with Gasteiger partial charge in [-0.2, -0.15) is 0 Å². The van der Waals surface area contributed by atoms with E-state index in [1.807, 2.05) is 0 Å². The standard InChI is InChI=1S/C23H31Se.C16H18Se.CH4.He.Hf.Hg/c1-9-10-11-22-17(5)19(7)23(20(8)18(22)6)24-21-12-14(2)16(4)15(3)13-21;1-2-3-7-14-10-12-16(13-11-14)17-15-8-5-4-6-9-15;;;;/h12H,9-11H2,1-8H3;4-6,8-13H,2-3,7H2,1H3;1H4;;;. The van der Waals surface area contributed by atoms with E-state index in [1.165, 1.54) is 64.1 Å². The summed E-state index contributed by atoms with van der Waals surface area (Å²) in [6.07, 6.45) is 7.60. The Labute approximate surface area is 324 Å². The van der Waals surface area contributed by atoms with Crippen LogP contribution in [0.1, 0.15) is 97.0 Å². The zero-order valence-electron chi connectivity index (χ0n) is 28.7. The van der Waals surface area contributed by atoms with Crippen molar-refractivity contribution in [3.8, 4) is 0 Å². The van der Waals surface area contributed by atoms with Crippen molar-refractivity contribution in [1.29, 1.82) is 0 Å². The van der Waals surface area contributed by atoms with E-state index in [0.29, 0.717) is 56.0 Å². The second-order valence-corrected chi connectivity index (χ2v) is 19.0.